The van der Waals surface area contributed by atoms with Crippen LogP contribution in [0.5, 0.6) is 0 Å². The van der Waals surface area contributed by atoms with Crippen molar-refractivity contribution in [2.45, 2.75) is 46.6 Å². The van der Waals surface area contributed by atoms with Gasteiger partial charge in [-0.15, -0.1) is 0 Å². The minimum Gasteiger partial charge on any atom is -0.396 e. The molecule has 1 amide bonds. The summed E-state index contributed by atoms with van der Waals surface area (Å²) in [5.41, 5.74) is -0.371. The van der Waals surface area contributed by atoms with Gasteiger partial charge in [-0.05, 0) is 32.6 Å². The van der Waals surface area contributed by atoms with E-state index < -0.39 is 0 Å². The van der Waals surface area contributed by atoms with Crippen molar-refractivity contribution in [1.82, 2.24) is 5.32 Å². The Balaban J connectivity index is 3.81. The number of amides is 1. The van der Waals surface area contributed by atoms with Gasteiger partial charge >= 0.3 is 0 Å². The molecule has 0 heterocycles. The summed E-state index contributed by atoms with van der Waals surface area (Å²) in [4.78, 5) is 11.4. The number of hydrogen-bond donors (Lipinski definition) is 2. The normalized spacial score (nSPS) is 12.6. The Morgan fingerprint density at radius 1 is 1.25 bits per heavy atom. The van der Waals surface area contributed by atoms with Crippen LogP contribution in [0.2, 0.25) is 0 Å². The fraction of sp³-hybridized carbons (Fsp3) is 0.917. The maximum Gasteiger partial charge on any atom is 0.246 e. The monoisotopic (exact) mass is 231 g/mol. The molecule has 0 saturated heterocycles. The van der Waals surface area contributed by atoms with E-state index in [1.165, 1.54) is 0 Å². The number of carbonyl (C=O) groups excluding carboxylic acids is 1. The Morgan fingerprint density at radius 3 is 2.25 bits per heavy atom. The number of nitrogens with one attached hydrogen (secondary N) is 1. The summed E-state index contributed by atoms with van der Waals surface area (Å²) in [5.74, 6) is -0.110. The molecule has 0 fully saturated rings. The number of aliphatic hydroxyl groups excluding tert-OH is 1. The van der Waals surface area contributed by atoms with Gasteiger partial charge in [-0.25, -0.2) is 0 Å². The molecule has 0 aliphatic rings. The van der Waals surface area contributed by atoms with Crippen LogP contribution in [0.3, 0.4) is 0 Å². The number of carbonyl (C=O) groups is 1. The van der Waals surface area contributed by atoms with Gasteiger partial charge in [0, 0.05) is 13.2 Å². The topological polar surface area (TPSA) is 58.6 Å². The molecule has 0 aliphatic carbocycles. The molecule has 4 heteroatoms. The third-order valence-electron chi connectivity index (χ3n) is 2.19. The number of ether oxygens (including phenoxy) is 1. The van der Waals surface area contributed by atoms with E-state index in [1.54, 1.807) is 0 Å². The summed E-state index contributed by atoms with van der Waals surface area (Å²) in [7, 11) is 0. The van der Waals surface area contributed by atoms with Crippen LogP contribution in [0.25, 0.3) is 0 Å². The number of hydrogen-bond acceptors (Lipinski definition) is 3. The van der Waals surface area contributed by atoms with Crippen molar-refractivity contribution in [1.29, 1.82) is 0 Å². The van der Waals surface area contributed by atoms with Crippen LogP contribution in [0.15, 0.2) is 0 Å². The highest BCUT2D eigenvalue weighted by Gasteiger charge is 2.19. The molecule has 0 aliphatic heterocycles. The molecule has 16 heavy (non-hydrogen) atoms. The van der Waals surface area contributed by atoms with Crippen LogP contribution in [0.1, 0.15) is 41.0 Å². The van der Waals surface area contributed by atoms with Crippen LogP contribution in [0.4, 0.5) is 0 Å². The van der Waals surface area contributed by atoms with Gasteiger partial charge in [-0.1, -0.05) is 13.8 Å². The quantitative estimate of drug-likeness (QED) is 0.725. The zero-order valence-corrected chi connectivity index (χ0v) is 11.1. The van der Waals surface area contributed by atoms with Crippen molar-refractivity contribution in [3.8, 4) is 0 Å². The molecule has 96 valence electrons. The molecular weight excluding hydrogens is 206 g/mol. The fourth-order valence-electron chi connectivity index (χ4n) is 1.06. The molecule has 2 N–H and O–H groups in total. The van der Waals surface area contributed by atoms with E-state index in [0.29, 0.717) is 13.0 Å². The third kappa shape index (κ3) is 8.68. The second-order valence-corrected chi connectivity index (χ2v) is 5.82. The first kappa shape index (κ1) is 15.4. The second kappa shape index (κ2) is 6.21. The number of aliphatic hydroxyl groups is 1. The Labute approximate surface area is 98.4 Å². The minimum absolute atomic E-state index is 0.0772. The molecule has 0 radical (unpaired) electrons. The van der Waals surface area contributed by atoms with Gasteiger partial charge in [-0.3, -0.25) is 4.79 Å². The Bertz CT molecular complexity index is 219. The lowest BCUT2D eigenvalue weighted by Gasteiger charge is -2.24. The van der Waals surface area contributed by atoms with Crippen molar-refractivity contribution < 1.29 is 14.6 Å². The van der Waals surface area contributed by atoms with E-state index in [1.807, 2.05) is 34.6 Å². The summed E-state index contributed by atoms with van der Waals surface area (Å²) in [6.07, 6.45) is 0.674. The molecule has 0 unspecified atom stereocenters. The summed E-state index contributed by atoms with van der Waals surface area (Å²) in [6, 6.07) is 0. The summed E-state index contributed by atoms with van der Waals surface area (Å²) < 4.78 is 5.35. The van der Waals surface area contributed by atoms with E-state index in [9.17, 15) is 4.79 Å². The zero-order valence-electron chi connectivity index (χ0n) is 11.1. The maximum absolute atomic E-state index is 11.4. The molecular formula is C12H25NO3. The minimum atomic E-state index is -0.294. The van der Waals surface area contributed by atoms with Gasteiger partial charge < -0.3 is 15.2 Å². The van der Waals surface area contributed by atoms with Crippen LogP contribution >= 0.6 is 0 Å². The van der Waals surface area contributed by atoms with Crippen molar-refractivity contribution in [3.05, 3.63) is 0 Å². The van der Waals surface area contributed by atoms with E-state index in [4.69, 9.17) is 9.84 Å². The Kier molecular flexibility index (Phi) is 5.97. The van der Waals surface area contributed by atoms with Crippen molar-refractivity contribution in [2.24, 2.45) is 5.41 Å². The van der Waals surface area contributed by atoms with E-state index in [2.05, 4.69) is 5.32 Å². The highest BCUT2D eigenvalue weighted by Crippen LogP contribution is 2.17. The van der Waals surface area contributed by atoms with Crippen LogP contribution in [-0.2, 0) is 9.53 Å². The molecule has 0 aromatic heterocycles. The van der Waals surface area contributed by atoms with E-state index in [0.717, 1.165) is 0 Å². The summed E-state index contributed by atoms with van der Waals surface area (Å²) >= 11 is 0. The van der Waals surface area contributed by atoms with Gasteiger partial charge in [0.25, 0.3) is 0 Å². The maximum atomic E-state index is 11.4. The van der Waals surface area contributed by atoms with Crippen molar-refractivity contribution in [3.63, 3.8) is 0 Å². The molecule has 0 aromatic rings. The fourth-order valence-corrected chi connectivity index (χ4v) is 1.06. The van der Waals surface area contributed by atoms with Gasteiger partial charge in [-0.2, -0.15) is 0 Å². The van der Waals surface area contributed by atoms with E-state index >= 15 is 0 Å². The van der Waals surface area contributed by atoms with Crippen molar-refractivity contribution in [2.75, 3.05) is 19.8 Å². The second-order valence-electron chi connectivity index (χ2n) is 5.82. The van der Waals surface area contributed by atoms with Gasteiger partial charge in [0.05, 0.1) is 5.60 Å². The molecule has 0 bridgehead atoms. The van der Waals surface area contributed by atoms with Gasteiger partial charge in [0.2, 0.25) is 5.91 Å². The van der Waals surface area contributed by atoms with Crippen LogP contribution < -0.4 is 5.32 Å². The third-order valence-corrected chi connectivity index (χ3v) is 2.19. The highest BCUT2D eigenvalue weighted by molar-refractivity contribution is 5.77. The molecule has 4 nitrogen and oxygen atoms in total. The zero-order chi connectivity index (χ0) is 12.8. The summed E-state index contributed by atoms with van der Waals surface area (Å²) in [6.45, 7) is 10.5. The number of rotatable bonds is 6. The lowest BCUT2D eigenvalue weighted by Crippen LogP contribution is -2.38. The highest BCUT2D eigenvalue weighted by atomic mass is 16.5. The SMILES string of the molecule is CC(C)(CCO)CNC(=O)COC(C)(C)C. The molecule has 0 spiro atoms. The Morgan fingerprint density at radius 2 is 1.81 bits per heavy atom. The lowest BCUT2D eigenvalue weighted by molar-refractivity contribution is -0.131. The summed E-state index contributed by atoms with van der Waals surface area (Å²) in [5, 5.41) is 11.6. The van der Waals surface area contributed by atoms with Crippen LogP contribution in [0, 0.1) is 5.41 Å². The molecule has 0 rings (SSSR count). The molecule has 0 atom stereocenters. The average Bonchev–Trinajstić information content (AvgIpc) is 2.10. The Hall–Kier alpha value is -0.610. The molecule has 0 aromatic carbocycles. The van der Waals surface area contributed by atoms with Crippen LogP contribution in [-0.4, -0.2) is 36.4 Å². The predicted molar refractivity (Wildman–Crippen MR) is 64.2 cm³/mol. The first-order valence-electron chi connectivity index (χ1n) is 5.68. The van der Waals surface area contributed by atoms with Gasteiger partial charge in [0.1, 0.15) is 6.61 Å². The first-order valence-corrected chi connectivity index (χ1v) is 5.68. The van der Waals surface area contributed by atoms with Gasteiger partial charge in [0.15, 0.2) is 0 Å². The van der Waals surface area contributed by atoms with Crippen molar-refractivity contribution >= 4 is 5.91 Å². The molecule has 0 saturated carbocycles. The predicted octanol–water partition coefficient (Wildman–Crippen LogP) is 1.33. The lowest BCUT2D eigenvalue weighted by atomic mass is 9.90. The largest absolute Gasteiger partial charge is 0.396 e. The standard InChI is InChI=1S/C12H25NO3/c1-11(2,3)16-8-10(15)13-9-12(4,5)6-7-14/h14H,6-9H2,1-5H3,(H,13,15). The average molecular weight is 231 g/mol. The first-order chi connectivity index (χ1) is 7.16. The smallest absolute Gasteiger partial charge is 0.246 e. The van der Waals surface area contributed by atoms with E-state index in [-0.39, 0.29) is 30.1 Å².